The van der Waals surface area contributed by atoms with Crippen LogP contribution in [0.3, 0.4) is 0 Å². The number of nitriles is 1. The molecule has 0 aliphatic carbocycles. The number of hydrogen-bond acceptors (Lipinski definition) is 4. The number of methoxy groups -OCH3 is 1. The van der Waals surface area contributed by atoms with Crippen LogP contribution in [-0.4, -0.2) is 19.1 Å². The van der Waals surface area contributed by atoms with Crippen LogP contribution in [0.5, 0.6) is 11.5 Å². The highest BCUT2D eigenvalue weighted by atomic mass is 19.1. The average molecular weight is 408 g/mol. The highest BCUT2D eigenvalue weighted by Gasteiger charge is 2.15. The Morgan fingerprint density at radius 1 is 1.33 bits per heavy atom. The lowest BCUT2D eigenvalue weighted by atomic mass is 10.0. The number of nitrogens with one attached hydrogen (secondary N) is 1. The molecule has 0 fully saturated rings. The van der Waals surface area contributed by atoms with Gasteiger partial charge in [0.05, 0.1) is 7.11 Å². The van der Waals surface area contributed by atoms with Gasteiger partial charge in [0.1, 0.15) is 24.1 Å². The fourth-order valence-corrected chi connectivity index (χ4v) is 2.83. The highest BCUT2D eigenvalue weighted by Crippen LogP contribution is 2.35. The molecular formula is C24H25FN2O3. The molecule has 0 bridgehead atoms. The molecule has 2 aromatic carbocycles. The van der Waals surface area contributed by atoms with Crippen molar-refractivity contribution in [2.75, 3.05) is 7.11 Å². The van der Waals surface area contributed by atoms with E-state index in [0.29, 0.717) is 29.0 Å². The summed E-state index contributed by atoms with van der Waals surface area (Å²) in [6, 6.07) is 11.5. The Balaban J connectivity index is 2.40. The van der Waals surface area contributed by atoms with Crippen molar-refractivity contribution < 1.29 is 18.7 Å². The maximum absolute atomic E-state index is 13.4. The Labute approximate surface area is 176 Å². The molecule has 0 spiro atoms. The molecule has 0 heterocycles. The van der Waals surface area contributed by atoms with Crippen molar-refractivity contribution in [2.45, 2.75) is 32.9 Å². The minimum Gasteiger partial charge on any atom is -0.493 e. The molecule has 0 radical (unpaired) electrons. The van der Waals surface area contributed by atoms with Gasteiger partial charge in [0.25, 0.3) is 5.91 Å². The number of rotatable bonds is 9. The van der Waals surface area contributed by atoms with Crippen LogP contribution in [0.4, 0.5) is 4.39 Å². The van der Waals surface area contributed by atoms with E-state index in [-0.39, 0.29) is 24.0 Å². The van der Waals surface area contributed by atoms with E-state index in [1.165, 1.54) is 25.3 Å². The first kappa shape index (κ1) is 22.7. The van der Waals surface area contributed by atoms with Gasteiger partial charge in [-0.25, -0.2) is 4.39 Å². The van der Waals surface area contributed by atoms with Crippen LogP contribution < -0.4 is 14.8 Å². The molecule has 1 N–H and O–H groups in total. The number of nitrogens with zero attached hydrogens (tertiary/aromatic N) is 1. The molecule has 2 rings (SSSR count). The Bertz CT molecular complexity index is 990. The summed E-state index contributed by atoms with van der Waals surface area (Å²) in [5, 5.41) is 12.1. The summed E-state index contributed by atoms with van der Waals surface area (Å²) < 4.78 is 24.8. The van der Waals surface area contributed by atoms with Crippen LogP contribution >= 0.6 is 0 Å². The van der Waals surface area contributed by atoms with E-state index in [4.69, 9.17) is 9.47 Å². The van der Waals surface area contributed by atoms with Crippen molar-refractivity contribution in [3.8, 4) is 17.6 Å². The van der Waals surface area contributed by atoms with Gasteiger partial charge < -0.3 is 14.8 Å². The van der Waals surface area contributed by atoms with Crippen LogP contribution in [0.1, 0.15) is 30.5 Å². The zero-order chi connectivity index (χ0) is 22.1. The molecule has 30 heavy (non-hydrogen) atoms. The number of carbonyl (C=O) groups excluding carboxylic acids is 1. The number of carbonyl (C=O) groups is 1. The van der Waals surface area contributed by atoms with Crippen molar-refractivity contribution in [1.29, 1.82) is 5.26 Å². The van der Waals surface area contributed by atoms with Gasteiger partial charge in [-0.05, 0) is 61.7 Å². The van der Waals surface area contributed by atoms with Gasteiger partial charge in [0.15, 0.2) is 11.5 Å². The standard InChI is InChI=1S/C24H25FN2O3/c1-5-7-19-10-18(11-20(14-26)24(28)27-16(2)3)13-22(29-4)23(19)30-15-17-8-6-9-21(25)12-17/h5-6,8-13,16H,1,7,15H2,2-4H3,(H,27,28)/b20-11-. The minimum absolute atomic E-state index is 0.0104. The Kier molecular flexibility index (Phi) is 8.18. The van der Waals surface area contributed by atoms with Crippen molar-refractivity contribution in [3.05, 3.63) is 77.1 Å². The maximum atomic E-state index is 13.4. The molecule has 6 heteroatoms. The van der Waals surface area contributed by atoms with Gasteiger partial charge in [-0.2, -0.15) is 5.26 Å². The van der Waals surface area contributed by atoms with Crippen LogP contribution in [0.25, 0.3) is 6.08 Å². The number of amides is 1. The lowest BCUT2D eigenvalue weighted by molar-refractivity contribution is -0.117. The lowest BCUT2D eigenvalue weighted by Crippen LogP contribution is -2.30. The zero-order valence-electron chi connectivity index (χ0n) is 17.4. The van der Waals surface area contributed by atoms with Crippen LogP contribution in [-0.2, 0) is 17.8 Å². The smallest absolute Gasteiger partial charge is 0.262 e. The second-order valence-corrected chi connectivity index (χ2v) is 6.92. The van der Waals surface area contributed by atoms with E-state index in [1.54, 1.807) is 24.3 Å². The zero-order valence-corrected chi connectivity index (χ0v) is 17.4. The number of halogens is 1. The van der Waals surface area contributed by atoms with Gasteiger partial charge in [-0.3, -0.25) is 4.79 Å². The van der Waals surface area contributed by atoms with Crippen molar-refractivity contribution >= 4 is 12.0 Å². The molecule has 0 saturated carbocycles. The van der Waals surface area contributed by atoms with Gasteiger partial charge in [-0.1, -0.05) is 18.2 Å². The average Bonchev–Trinajstić information content (AvgIpc) is 2.70. The largest absolute Gasteiger partial charge is 0.493 e. The first-order valence-corrected chi connectivity index (χ1v) is 9.49. The molecule has 0 unspecified atom stereocenters. The normalized spacial score (nSPS) is 11.0. The first-order chi connectivity index (χ1) is 14.4. The Morgan fingerprint density at radius 3 is 2.70 bits per heavy atom. The monoisotopic (exact) mass is 408 g/mol. The Hall–Kier alpha value is -3.59. The second-order valence-electron chi connectivity index (χ2n) is 6.92. The van der Waals surface area contributed by atoms with Crippen LogP contribution in [0, 0.1) is 17.1 Å². The number of ether oxygens (including phenoxy) is 2. The SMILES string of the molecule is C=CCc1cc(/C=C(/C#N)C(=O)NC(C)C)cc(OC)c1OCc1cccc(F)c1. The van der Waals surface area contributed by atoms with Crippen LogP contribution in [0.15, 0.2) is 54.6 Å². The number of allylic oxidation sites excluding steroid dienone is 1. The van der Waals surface area contributed by atoms with Crippen molar-refractivity contribution in [3.63, 3.8) is 0 Å². The molecule has 5 nitrogen and oxygen atoms in total. The molecule has 0 aromatic heterocycles. The van der Waals surface area contributed by atoms with Gasteiger partial charge in [0.2, 0.25) is 0 Å². The Morgan fingerprint density at radius 2 is 2.10 bits per heavy atom. The quantitative estimate of drug-likeness (QED) is 0.375. The summed E-state index contributed by atoms with van der Waals surface area (Å²) in [5.74, 6) is 0.171. The predicted octanol–water partition coefficient (Wildman–Crippen LogP) is 4.57. The molecule has 0 aliphatic rings. The van der Waals surface area contributed by atoms with E-state index in [9.17, 15) is 14.4 Å². The summed E-state index contributed by atoms with van der Waals surface area (Å²) >= 11 is 0. The first-order valence-electron chi connectivity index (χ1n) is 9.49. The number of benzene rings is 2. The third-order valence-corrected chi connectivity index (χ3v) is 4.11. The van der Waals surface area contributed by atoms with E-state index in [1.807, 2.05) is 26.0 Å². The van der Waals surface area contributed by atoms with Crippen molar-refractivity contribution in [2.24, 2.45) is 0 Å². The molecule has 2 aromatic rings. The summed E-state index contributed by atoms with van der Waals surface area (Å²) in [7, 11) is 1.51. The molecular weight excluding hydrogens is 383 g/mol. The highest BCUT2D eigenvalue weighted by molar-refractivity contribution is 6.01. The molecule has 1 amide bonds. The molecule has 0 atom stereocenters. The molecule has 156 valence electrons. The summed E-state index contributed by atoms with van der Waals surface area (Å²) in [6.45, 7) is 7.58. The van der Waals surface area contributed by atoms with Gasteiger partial charge >= 0.3 is 0 Å². The van der Waals surface area contributed by atoms with Gasteiger partial charge in [0, 0.05) is 11.6 Å². The second kappa shape index (κ2) is 10.8. The minimum atomic E-state index is -0.442. The van der Waals surface area contributed by atoms with E-state index in [0.717, 1.165) is 5.56 Å². The topological polar surface area (TPSA) is 71.4 Å². The fraction of sp³-hybridized carbons (Fsp3) is 0.250. The third kappa shape index (κ3) is 6.21. The summed E-state index contributed by atoms with van der Waals surface area (Å²) in [6.07, 6.45) is 3.70. The lowest BCUT2D eigenvalue weighted by Gasteiger charge is -2.16. The van der Waals surface area contributed by atoms with Crippen molar-refractivity contribution in [1.82, 2.24) is 5.32 Å². The molecule has 0 saturated heterocycles. The third-order valence-electron chi connectivity index (χ3n) is 4.11. The van der Waals surface area contributed by atoms with E-state index >= 15 is 0 Å². The molecule has 0 aliphatic heterocycles. The van der Waals surface area contributed by atoms with E-state index in [2.05, 4.69) is 11.9 Å². The fourth-order valence-electron chi connectivity index (χ4n) is 2.83. The maximum Gasteiger partial charge on any atom is 0.262 e. The summed E-state index contributed by atoms with van der Waals surface area (Å²) in [5.41, 5.74) is 2.07. The van der Waals surface area contributed by atoms with Gasteiger partial charge in [-0.15, -0.1) is 6.58 Å². The predicted molar refractivity (Wildman–Crippen MR) is 114 cm³/mol. The van der Waals surface area contributed by atoms with Crippen LogP contribution in [0.2, 0.25) is 0 Å². The van der Waals surface area contributed by atoms with E-state index < -0.39 is 5.91 Å². The summed E-state index contributed by atoms with van der Waals surface area (Å²) in [4.78, 5) is 12.2. The number of hydrogen-bond donors (Lipinski definition) is 1.